The van der Waals surface area contributed by atoms with Crippen molar-refractivity contribution in [3.63, 3.8) is 0 Å². The Kier molecular flexibility index (Phi) is 6.32. The summed E-state index contributed by atoms with van der Waals surface area (Å²) in [5.74, 6) is -1.000. The smallest absolute Gasteiger partial charge is 0.237 e. The monoisotopic (exact) mass is 331 g/mol. The minimum atomic E-state index is -0.743. The number of rotatable bonds is 6. The topological polar surface area (TPSA) is 76.7 Å². The van der Waals surface area contributed by atoms with E-state index in [-0.39, 0.29) is 11.9 Å². The van der Waals surface area contributed by atoms with Gasteiger partial charge in [-0.15, -0.1) is 0 Å². The van der Waals surface area contributed by atoms with Crippen LogP contribution in [-0.2, 0) is 17.6 Å². The molecule has 0 radical (unpaired) electrons. The van der Waals surface area contributed by atoms with E-state index in [1.165, 1.54) is 11.1 Å². The van der Waals surface area contributed by atoms with Crippen LogP contribution in [0.4, 0.5) is 0 Å². The lowest BCUT2D eigenvalue weighted by Crippen LogP contribution is -2.38. The maximum absolute atomic E-state index is 12.4. The third kappa shape index (κ3) is 5.19. The number of carbonyl (C=O) groups is 1. The molecule has 126 valence electrons. The number of amides is 1. The van der Waals surface area contributed by atoms with Crippen molar-refractivity contribution in [2.24, 2.45) is 5.92 Å². The Morgan fingerprint density at radius 2 is 1.76 bits per heavy atom. The van der Waals surface area contributed by atoms with Gasteiger partial charge in [-0.2, -0.15) is 10.5 Å². The Morgan fingerprint density at radius 3 is 2.36 bits per heavy atom. The summed E-state index contributed by atoms with van der Waals surface area (Å²) in [5, 5.41) is 21.1. The van der Waals surface area contributed by atoms with Crippen molar-refractivity contribution < 1.29 is 4.79 Å². The quantitative estimate of drug-likeness (QED) is 0.882. The summed E-state index contributed by atoms with van der Waals surface area (Å²) < 4.78 is 0. The Morgan fingerprint density at radius 1 is 1.08 bits per heavy atom. The normalized spacial score (nSPS) is 12.5. The first-order valence-electron chi connectivity index (χ1n) is 8.27. The number of hydrogen-bond donors (Lipinski definition) is 1. The molecule has 0 aliphatic rings. The second kappa shape index (κ2) is 8.66. The third-order valence-electron chi connectivity index (χ3n) is 4.17. The fraction of sp³-hybridized carbons (Fsp3) is 0.286. The van der Waals surface area contributed by atoms with Crippen molar-refractivity contribution in [1.82, 2.24) is 5.32 Å². The minimum Gasteiger partial charge on any atom is -0.352 e. The second-order valence-corrected chi connectivity index (χ2v) is 6.23. The molecule has 2 atom stereocenters. The number of hydrogen-bond acceptors (Lipinski definition) is 3. The van der Waals surface area contributed by atoms with Crippen LogP contribution in [0.5, 0.6) is 0 Å². The summed E-state index contributed by atoms with van der Waals surface area (Å²) in [4.78, 5) is 12.4. The van der Waals surface area contributed by atoms with Gasteiger partial charge in [-0.25, -0.2) is 0 Å². The number of benzene rings is 2. The number of nitriles is 2. The fourth-order valence-corrected chi connectivity index (χ4v) is 2.71. The zero-order valence-electron chi connectivity index (χ0n) is 14.5. The van der Waals surface area contributed by atoms with Gasteiger partial charge in [0.25, 0.3) is 0 Å². The van der Waals surface area contributed by atoms with Crippen molar-refractivity contribution in [2.75, 3.05) is 0 Å². The van der Waals surface area contributed by atoms with Gasteiger partial charge in [-0.05, 0) is 55.5 Å². The molecular weight excluding hydrogens is 310 g/mol. The molecular formula is C21H21N3O. The number of nitrogens with one attached hydrogen (secondary N) is 1. The van der Waals surface area contributed by atoms with Gasteiger partial charge in [0, 0.05) is 6.04 Å². The summed E-state index contributed by atoms with van der Waals surface area (Å²) in [6.45, 7) is 3.99. The Hall–Kier alpha value is -3.11. The fourth-order valence-electron chi connectivity index (χ4n) is 2.71. The van der Waals surface area contributed by atoms with E-state index >= 15 is 0 Å². The molecule has 0 aliphatic heterocycles. The lowest BCUT2D eigenvalue weighted by atomic mass is 9.97. The first-order valence-corrected chi connectivity index (χ1v) is 8.27. The van der Waals surface area contributed by atoms with Gasteiger partial charge in [-0.1, -0.05) is 36.4 Å². The third-order valence-corrected chi connectivity index (χ3v) is 4.17. The summed E-state index contributed by atoms with van der Waals surface area (Å²) in [6, 6.07) is 19.1. The highest BCUT2D eigenvalue weighted by atomic mass is 16.1. The van der Waals surface area contributed by atoms with Gasteiger partial charge in [0.1, 0.15) is 5.92 Å². The van der Waals surface area contributed by atoms with Crippen LogP contribution in [0, 0.1) is 35.5 Å². The van der Waals surface area contributed by atoms with Crippen LogP contribution in [0.3, 0.4) is 0 Å². The molecule has 0 aromatic heterocycles. The molecule has 0 heterocycles. The predicted molar refractivity (Wildman–Crippen MR) is 96.5 cm³/mol. The average molecular weight is 331 g/mol. The molecule has 0 fully saturated rings. The SMILES string of the molecule is Cc1ccccc1C[C@@H](C)NC(=O)[C@H](C#N)Cc1ccc(C#N)cc1. The highest BCUT2D eigenvalue weighted by molar-refractivity contribution is 5.81. The van der Waals surface area contributed by atoms with E-state index in [9.17, 15) is 10.1 Å². The van der Waals surface area contributed by atoms with E-state index in [1.54, 1.807) is 24.3 Å². The lowest BCUT2D eigenvalue weighted by Gasteiger charge is -2.17. The molecule has 4 nitrogen and oxygen atoms in total. The first kappa shape index (κ1) is 18.2. The van der Waals surface area contributed by atoms with E-state index in [1.807, 2.05) is 32.0 Å². The molecule has 0 unspecified atom stereocenters. The van der Waals surface area contributed by atoms with Crippen molar-refractivity contribution in [3.05, 3.63) is 70.8 Å². The number of aryl methyl sites for hydroxylation is 1. The number of carbonyl (C=O) groups excluding carboxylic acids is 1. The van der Waals surface area contributed by atoms with Gasteiger partial charge < -0.3 is 5.32 Å². The van der Waals surface area contributed by atoms with Crippen LogP contribution in [0.15, 0.2) is 48.5 Å². The molecule has 4 heteroatoms. The summed E-state index contributed by atoms with van der Waals surface area (Å²) in [7, 11) is 0. The van der Waals surface area contributed by atoms with Gasteiger partial charge >= 0.3 is 0 Å². The standard InChI is InChI=1S/C21H21N3O/c1-15-5-3-4-6-19(15)11-16(2)24-21(25)20(14-23)12-17-7-9-18(13-22)10-8-17/h3-10,16,20H,11-12H2,1-2H3,(H,24,25)/t16-,20+/m1/s1. The second-order valence-electron chi connectivity index (χ2n) is 6.23. The summed E-state index contributed by atoms with van der Waals surface area (Å²) in [5.41, 5.74) is 3.81. The molecule has 0 saturated carbocycles. The molecule has 25 heavy (non-hydrogen) atoms. The molecule has 0 saturated heterocycles. The Balaban J connectivity index is 1.96. The Labute approximate surface area is 148 Å². The minimum absolute atomic E-state index is 0.0505. The van der Waals surface area contributed by atoms with E-state index < -0.39 is 5.92 Å². The molecule has 1 N–H and O–H groups in total. The van der Waals surface area contributed by atoms with Gasteiger partial charge in [0.15, 0.2) is 0 Å². The van der Waals surface area contributed by atoms with Gasteiger partial charge in [0.2, 0.25) is 5.91 Å². The van der Waals surface area contributed by atoms with Crippen molar-refractivity contribution in [2.45, 2.75) is 32.7 Å². The van der Waals surface area contributed by atoms with Gasteiger partial charge in [0.05, 0.1) is 17.7 Å². The average Bonchev–Trinajstić information content (AvgIpc) is 2.62. The number of nitrogens with zero attached hydrogens (tertiary/aromatic N) is 2. The molecule has 2 aromatic carbocycles. The lowest BCUT2D eigenvalue weighted by molar-refractivity contribution is -0.123. The summed E-state index contributed by atoms with van der Waals surface area (Å²) in [6.07, 6.45) is 1.07. The molecule has 2 aromatic rings. The van der Waals surface area contributed by atoms with E-state index in [0.717, 1.165) is 12.0 Å². The zero-order valence-corrected chi connectivity index (χ0v) is 14.5. The van der Waals surface area contributed by atoms with Gasteiger partial charge in [-0.3, -0.25) is 4.79 Å². The van der Waals surface area contributed by atoms with Crippen LogP contribution in [0.1, 0.15) is 29.2 Å². The van der Waals surface area contributed by atoms with Crippen LogP contribution in [0.2, 0.25) is 0 Å². The van der Waals surface area contributed by atoms with E-state index in [2.05, 4.69) is 23.5 Å². The summed E-state index contributed by atoms with van der Waals surface area (Å²) >= 11 is 0. The van der Waals surface area contributed by atoms with E-state index in [0.29, 0.717) is 12.0 Å². The predicted octanol–water partition coefficient (Wildman–Crippen LogP) is 3.30. The molecule has 1 amide bonds. The maximum atomic E-state index is 12.4. The largest absolute Gasteiger partial charge is 0.352 e. The van der Waals surface area contributed by atoms with Crippen molar-refractivity contribution >= 4 is 5.91 Å². The van der Waals surface area contributed by atoms with Crippen LogP contribution < -0.4 is 5.32 Å². The Bertz CT molecular complexity index is 812. The van der Waals surface area contributed by atoms with E-state index in [4.69, 9.17) is 5.26 Å². The van der Waals surface area contributed by atoms with Crippen LogP contribution in [0.25, 0.3) is 0 Å². The molecule has 0 spiro atoms. The molecule has 0 aliphatic carbocycles. The van der Waals surface area contributed by atoms with Crippen molar-refractivity contribution in [3.8, 4) is 12.1 Å². The first-order chi connectivity index (χ1) is 12.0. The molecule has 2 rings (SSSR count). The van der Waals surface area contributed by atoms with Crippen molar-refractivity contribution in [1.29, 1.82) is 10.5 Å². The zero-order chi connectivity index (χ0) is 18.2. The van der Waals surface area contributed by atoms with Crippen LogP contribution in [-0.4, -0.2) is 11.9 Å². The van der Waals surface area contributed by atoms with Crippen LogP contribution >= 0.6 is 0 Å². The maximum Gasteiger partial charge on any atom is 0.237 e. The highest BCUT2D eigenvalue weighted by Crippen LogP contribution is 2.12. The molecule has 0 bridgehead atoms. The highest BCUT2D eigenvalue weighted by Gasteiger charge is 2.20.